The van der Waals surface area contributed by atoms with E-state index in [1.807, 2.05) is 0 Å². The zero-order valence-corrected chi connectivity index (χ0v) is 13.6. The van der Waals surface area contributed by atoms with E-state index in [9.17, 15) is 14.4 Å². The van der Waals surface area contributed by atoms with Gasteiger partial charge in [0.05, 0.1) is 26.6 Å². The summed E-state index contributed by atoms with van der Waals surface area (Å²) >= 11 is 0. The Bertz CT molecular complexity index is 645. The maximum atomic E-state index is 12.2. The third-order valence-electron chi connectivity index (χ3n) is 3.81. The fraction of sp³-hybridized carbons (Fsp3) is 0.438. The van der Waals surface area contributed by atoms with Gasteiger partial charge >= 0.3 is 5.97 Å². The molecule has 0 radical (unpaired) electrons. The van der Waals surface area contributed by atoms with Crippen LogP contribution in [0.1, 0.15) is 12.8 Å². The van der Waals surface area contributed by atoms with Crippen LogP contribution in [0.3, 0.4) is 0 Å². The summed E-state index contributed by atoms with van der Waals surface area (Å²) in [5, 5.41) is 11.1. The molecule has 8 nitrogen and oxygen atoms in total. The number of carbonyl (C=O) groups excluding carboxylic acids is 2. The molecular formula is C16H20N2O6. The van der Waals surface area contributed by atoms with Gasteiger partial charge < -0.3 is 24.8 Å². The number of anilines is 1. The maximum absolute atomic E-state index is 12.2. The van der Waals surface area contributed by atoms with Crippen LogP contribution in [-0.2, 0) is 14.4 Å². The molecule has 0 saturated carbocycles. The number of hydrogen-bond acceptors (Lipinski definition) is 5. The number of methoxy groups -OCH3 is 2. The molecule has 2 N–H and O–H groups in total. The minimum absolute atomic E-state index is 0.0508. The van der Waals surface area contributed by atoms with Crippen molar-refractivity contribution >= 4 is 23.5 Å². The van der Waals surface area contributed by atoms with Crippen molar-refractivity contribution < 1.29 is 29.0 Å². The van der Waals surface area contributed by atoms with Crippen LogP contribution in [0.5, 0.6) is 11.5 Å². The number of carbonyl (C=O) groups is 3. The van der Waals surface area contributed by atoms with E-state index in [-0.39, 0.29) is 37.7 Å². The fourth-order valence-corrected chi connectivity index (χ4v) is 2.56. The van der Waals surface area contributed by atoms with Gasteiger partial charge in [-0.05, 0) is 12.1 Å². The van der Waals surface area contributed by atoms with Crippen LogP contribution in [-0.4, -0.2) is 50.2 Å². The monoisotopic (exact) mass is 336 g/mol. The van der Waals surface area contributed by atoms with E-state index in [1.54, 1.807) is 18.2 Å². The van der Waals surface area contributed by atoms with E-state index in [4.69, 9.17) is 14.6 Å². The van der Waals surface area contributed by atoms with Gasteiger partial charge in [0, 0.05) is 31.3 Å². The zero-order valence-electron chi connectivity index (χ0n) is 13.6. The molecule has 0 aromatic heterocycles. The summed E-state index contributed by atoms with van der Waals surface area (Å²) < 4.78 is 10.4. The molecule has 8 heteroatoms. The van der Waals surface area contributed by atoms with Crippen molar-refractivity contribution in [2.75, 3.05) is 32.2 Å². The molecule has 0 unspecified atom stereocenters. The molecule has 2 rings (SSSR count). The van der Waals surface area contributed by atoms with E-state index in [1.165, 1.54) is 19.1 Å². The molecule has 130 valence electrons. The number of amides is 2. The van der Waals surface area contributed by atoms with Gasteiger partial charge in [-0.25, -0.2) is 0 Å². The lowest BCUT2D eigenvalue weighted by molar-refractivity contribution is -0.137. The van der Waals surface area contributed by atoms with Gasteiger partial charge in [-0.2, -0.15) is 0 Å². The van der Waals surface area contributed by atoms with E-state index in [2.05, 4.69) is 5.32 Å². The Hall–Kier alpha value is -2.77. The predicted octanol–water partition coefficient (Wildman–Crippen LogP) is 0.648. The molecule has 1 aromatic rings. The molecule has 0 spiro atoms. The molecule has 1 heterocycles. The number of nitrogens with zero attached hydrogens (tertiary/aromatic N) is 1. The average Bonchev–Trinajstić information content (AvgIpc) is 2.95. The molecule has 24 heavy (non-hydrogen) atoms. The summed E-state index contributed by atoms with van der Waals surface area (Å²) in [4.78, 5) is 36.2. The van der Waals surface area contributed by atoms with Gasteiger partial charge in [0.25, 0.3) is 0 Å². The Balaban J connectivity index is 2.04. The first-order valence-electron chi connectivity index (χ1n) is 7.48. The average molecular weight is 336 g/mol. The highest BCUT2D eigenvalue weighted by Gasteiger charge is 2.35. The minimum atomic E-state index is -0.982. The Morgan fingerprint density at radius 3 is 2.62 bits per heavy atom. The summed E-state index contributed by atoms with van der Waals surface area (Å²) in [6.45, 7) is 0.294. The number of carboxylic acids is 1. The number of carboxylic acid groups (broad SMARTS) is 1. The lowest BCUT2D eigenvalue weighted by atomic mass is 10.1. The number of benzene rings is 1. The van der Waals surface area contributed by atoms with Crippen molar-refractivity contribution in [2.45, 2.75) is 12.8 Å². The second-order valence-electron chi connectivity index (χ2n) is 5.38. The normalized spacial score (nSPS) is 16.8. The van der Waals surface area contributed by atoms with Crippen LogP contribution < -0.4 is 19.7 Å². The molecule has 1 aliphatic rings. The SMILES string of the molecule is COc1ccc(N2C[C@@H](C(=O)NCCC(=O)O)CC2=O)cc1OC. The molecule has 1 aliphatic heterocycles. The molecular weight excluding hydrogens is 316 g/mol. The van der Waals surface area contributed by atoms with Crippen LogP contribution in [0.4, 0.5) is 5.69 Å². The Kier molecular flexibility index (Phi) is 5.62. The van der Waals surface area contributed by atoms with Crippen LogP contribution in [0.25, 0.3) is 0 Å². The molecule has 1 saturated heterocycles. The maximum Gasteiger partial charge on any atom is 0.305 e. The number of aliphatic carboxylic acids is 1. The highest BCUT2D eigenvalue weighted by Crippen LogP contribution is 2.34. The predicted molar refractivity (Wildman–Crippen MR) is 85.3 cm³/mol. The summed E-state index contributed by atoms with van der Waals surface area (Å²) in [7, 11) is 3.03. The van der Waals surface area contributed by atoms with Crippen molar-refractivity contribution in [2.24, 2.45) is 5.92 Å². The number of nitrogens with one attached hydrogen (secondary N) is 1. The smallest absolute Gasteiger partial charge is 0.305 e. The molecule has 1 aromatic carbocycles. The first kappa shape index (κ1) is 17.6. The van der Waals surface area contributed by atoms with E-state index >= 15 is 0 Å². The van der Waals surface area contributed by atoms with E-state index < -0.39 is 11.9 Å². The van der Waals surface area contributed by atoms with Crippen LogP contribution in [0.15, 0.2) is 18.2 Å². The quantitative estimate of drug-likeness (QED) is 0.757. The molecule has 1 atom stereocenters. The third-order valence-corrected chi connectivity index (χ3v) is 3.81. The number of hydrogen-bond donors (Lipinski definition) is 2. The lowest BCUT2D eigenvalue weighted by Gasteiger charge is -2.18. The second kappa shape index (κ2) is 7.67. The standard InChI is InChI=1S/C16H20N2O6/c1-23-12-4-3-11(8-13(12)24-2)18-9-10(7-14(18)19)16(22)17-6-5-15(20)21/h3-4,8,10H,5-7,9H2,1-2H3,(H,17,22)(H,20,21)/t10-/m0/s1. The molecule has 0 bridgehead atoms. The first-order chi connectivity index (χ1) is 11.5. The molecule has 1 fully saturated rings. The van der Waals surface area contributed by atoms with Gasteiger partial charge in [0.2, 0.25) is 11.8 Å². The summed E-state index contributed by atoms with van der Waals surface area (Å²) in [5.41, 5.74) is 0.624. The van der Waals surface area contributed by atoms with Gasteiger partial charge in [-0.1, -0.05) is 0 Å². The fourth-order valence-electron chi connectivity index (χ4n) is 2.56. The summed E-state index contributed by atoms with van der Waals surface area (Å²) in [5.74, 6) is -0.912. The molecule has 0 aliphatic carbocycles. The van der Waals surface area contributed by atoms with Crippen molar-refractivity contribution in [1.29, 1.82) is 0 Å². The Morgan fingerprint density at radius 2 is 2.00 bits per heavy atom. The first-order valence-corrected chi connectivity index (χ1v) is 7.48. The van der Waals surface area contributed by atoms with Crippen LogP contribution in [0, 0.1) is 5.92 Å². The molecule has 2 amide bonds. The summed E-state index contributed by atoms with van der Waals surface area (Å²) in [6.07, 6.45) is -0.0565. The Labute approximate surface area is 139 Å². The Morgan fingerprint density at radius 1 is 1.29 bits per heavy atom. The van der Waals surface area contributed by atoms with Crippen molar-refractivity contribution in [3.63, 3.8) is 0 Å². The zero-order chi connectivity index (χ0) is 17.7. The van der Waals surface area contributed by atoms with Gasteiger partial charge in [0.1, 0.15) is 0 Å². The highest BCUT2D eigenvalue weighted by molar-refractivity contribution is 6.00. The van der Waals surface area contributed by atoms with E-state index in [0.29, 0.717) is 17.2 Å². The minimum Gasteiger partial charge on any atom is -0.493 e. The topological polar surface area (TPSA) is 105 Å². The van der Waals surface area contributed by atoms with Crippen LogP contribution in [0.2, 0.25) is 0 Å². The van der Waals surface area contributed by atoms with Gasteiger partial charge in [-0.3, -0.25) is 14.4 Å². The van der Waals surface area contributed by atoms with Gasteiger partial charge in [0.15, 0.2) is 11.5 Å². The summed E-state index contributed by atoms with van der Waals surface area (Å²) in [6, 6.07) is 5.10. The van der Waals surface area contributed by atoms with Crippen molar-refractivity contribution in [3.8, 4) is 11.5 Å². The van der Waals surface area contributed by atoms with Gasteiger partial charge in [-0.15, -0.1) is 0 Å². The largest absolute Gasteiger partial charge is 0.493 e. The van der Waals surface area contributed by atoms with E-state index in [0.717, 1.165) is 0 Å². The lowest BCUT2D eigenvalue weighted by Crippen LogP contribution is -2.34. The van der Waals surface area contributed by atoms with Crippen LogP contribution >= 0.6 is 0 Å². The van der Waals surface area contributed by atoms with Crippen molar-refractivity contribution in [3.05, 3.63) is 18.2 Å². The highest BCUT2D eigenvalue weighted by atomic mass is 16.5. The second-order valence-corrected chi connectivity index (χ2v) is 5.38. The number of rotatable bonds is 7. The third kappa shape index (κ3) is 3.95. The number of ether oxygens (including phenoxy) is 2. The van der Waals surface area contributed by atoms with Crippen molar-refractivity contribution in [1.82, 2.24) is 5.32 Å².